The minimum Gasteiger partial charge on any atom is -0.261 e. The van der Waals surface area contributed by atoms with E-state index in [1.165, 1.54) is 12.1 Å². The van der Waals surface area contributed by atoms with E-state index in [9.17, 15) is 8.42 Å². The Hall–Kier alpha value is -1.93. The van der Waals surface area contributed by atoms with Crippen molar-refractivity contribution in [2.24, 2.45) is 0 Å². The van der Waals surface area contributed by atoms with Gasteiger partial charge in [0, 0.05) is 10.2 Å². The molecule has 0 saturated heterocycles. The third-order valence-corrected chi connectivity index (χ3v) is 4.80. The molecule has 0 fully saturated rings. The van der Waals surface area contributed by atoms with Crippen molar-refractivity contribution >= 4 is 42.8 Å². The zero-order chi connectivity index (χ0) is 15.0. The van der Waals surface area contributed by atoms with E-state index in [-0.39, 0.29) is 10.7 Å². The van der Waals surface area contributed by atoms with Crippen LogP contribution in [-0.2, 0) is 10.0 Å². The number of fused-ring (bicyclic) bond motifs is 1. The molecular weight excluding hydrogens is 356 g/mol. The van der Waals surface area contributed by atoms with Gasteiger partial charge >= 0.3 is 0 Å². The first kappa shape index (κ1) is 14.0. The summed E-state index contributed by atoms with van der Waals surface area (Å²) in [5.41, 5.74) is 1.37. The summed E-state index contributed by atoms with van der Waals surface area (Å²) in [5, 5.41) is 7.32. The van der Waals surface area contributed by atoms with Gasteiger partial charge in [0.05, 0.1) is 10.3 Å². The van der Waals surface area contributed by atoms with Gasteiger partial charge in [0.1, 0.15) is 0 Å². The molecule has 0 aliphatic carbocycles. The van der Waals surface area contributed by atoms with Crippen LogP contribution in [0.25, 0.3) is 11.0 Å². The highest BCUT2D eigenvalue weighted by molar-refractivity contribution is 9.10. The predicted molar refractivity (Wildman–Crippen MR) is 83.6 cm³/mol. The fourth-order valence-corrected chi connectivity index (χ4v) is 3.17. The van der Waals surface area contributed by atoms with Crippen LogP contribution >= 0.6 is 15.9 Å². The molecule has 0 bridgehead atoms. The molecule has 2 heterocycles. The van der Waals surface area contributed by atoms with E-state index in [1.807, 2.05) is 6.92 Å². The average molecular weight is 367 g/mol. The highest BCUT2D eigenvalue weighted by atomic mass is 79.9. The maximum Gasteiger partial charge on any atom is 0.263 e. The molecular formula is C13H11BrN4O2S. The van der Waals surface area contributed by atoms with Gasteiger partial charge in [-0.05, 0) is 43.3 Å². The number of H-pyrrole nitrogens is 1. The van der Waals surface area contributed by atoms with Crippen molar-refractivity contribution in [2.45, 2.75) is 11.8 Å². The van der Waals surface area contributed by atoms with Crippen LogP contribution in [0, 0.1) is 6.92 Å². The summed E-state index contributed by atoms with van der Waals surface area (Å²) >= 11 is 3.27. The molecule has 1 aromatic carbocycles. The highest BCUT2D eigenvalue weighted by Gasteiger charge is 2.17. The molecule has 21 heavy (non-hydrogen) atoms. The minimum absolute atomic E-state index is 0.168. The molecule has 3 rings (SSSR count). The number of rotatable bonds is 3. The number of halogens is 1. The molecule has 0 saturated carbocycles. The topological polar surface area (TPSA) is 87.7 Å². The molecule has 2 aromatic heterocycles. The number of aromatic amines is 1. The van der Waals surface area contributed by atoms with Gasteiger partial charge in [0.15, 0.2) is 11.5 Å². The van der Waals surface area contributed by atoms with E-state index in [2.05, 4.69) is 35.8 Å². The number of hydrogen-bond donors (Lipinski definition) is 2. The lowest BCUT2D eigenvalue weighted by molar-refractivity contribution is 0.601. The Morgan fingerprint density at radius 2 is 1.86 bits per heavy atom. The summed E-state index contributed by atoms with van der Waals surface area (Å²) in [6.07, 6.45) is 0. The molecule has 0 radical (unpaired) electrons. The molecule has 3 aromatic rings. The quantitative estimate of drug-likeness (QED) is 0.745. The fourth-order valence-electron chi connectivity index (χ4n) is 1.88. The highest BCUT2D eigenvalue weighted by Crippen LogP contribution is 2.23. The molecule has 0 aliphatic heterocycles. The van der Waals surface area contributed by atoms with Crippen molar-refractivity contribution in [2.75, 3.05) is 4.72 Å². The van der Waals surface area contributed by atoms with E-state index in [0.717, 1.165) is 10.2 Å². The Morgan fingerprint density at radius 3 is 2.57 bits per heavy atom. The first-order chi connectivity index (χ1) is 9.95. The smallest absolute Gasteiger partial charge is 0.261 e. The lowest BCUT2D eigenvalue weighted by Crippen LogP contribution is -2.13. The average Bonchev–Trinajstić information content (AvgIpc) is 2.81. The van der Waals surface area contributed by atoms with Crippen molar-refractivity contribution in [3.63, 3.8) is 0 Å². The Kier molecular flexibility index (Phi) is 3.42. The van der Waals surface area contributed by atoms with E-state index in [4.69, 9.17) is 0 Å². The first-order valence-electron chi connectivity index (χ1n) is 6.06. The lowest BCUT2D eigenvalue weighted by Gasteiger charge is -2.05. The van der Waals surface area contributed by atoms with Crippen molar-refractivity contribution in [1.29, 1.82) is 0 Å². The van der Waals surface area contributed by atoms with Crippen molar-refractivity contribution in [3.8, 4) is 0 Å². The van der Waals surface area contributed by atoms with Crippen LogP contribution in [0.1, 0.15) is 5.69 Å². The van der Waals surface area contributed by atoms with Gasteiger partial charge in [-0.3, -0.25) is 9.82 Å². The summed E-state index contributed by atoms with van der Waals surface area (Å²) in [7, 11) is -3.68. The number of anilines is 1. The number of sulfonamides is 1. The van der Waals surface area contributed by atoms with E-state index < -0.39 is 10.0 Å². The second kappa shape index (κ2) is 5.12. The second-order valence-electron chi connectivity index (χ2n) is 4.48. The number of benzene rings is 1. The summed E-state index contributed by atoms with van der Waals surface area (Å²) in [5.74, 6) is 0.236. The molecule has 6 nitrogen and oxygen atoms in total. The van der Waals surface area contributed by atoms with Crippen molar-refractivity contribution < 1.29 is 8.42 Å². The minimum atomic E-state index is -3.68. The molecule has 0 amide bonds. The summed E-state index contributed by atoms with van der Waals surface area (Å²) in [6.45, 7) is 1.85. The number of aryl methyl sites for hydroxylation is 1. The zero-order valence-corrected chi connectivity index (χ0v) is 13.4. The Morgan fingerprint density at radius 1 is 1.14 bits per heavy atom. The van der Waals surface area contributed by atoms with Crippen molar-refractivity contribution in [1.82, 2.24) is 15.2 Å². The van der Waals surface area contributed by atoms with E-state index >= 15 is 0 Å². The monoisotopic (exact) mass is 366 g/mol. The predicted octanol–water partition coefficient (Wildman–Crippen LogP) is 2.83. The number of nitrogens with zero attached hydrogens (tertiary/aromatic N) is 2. The number of aromatic nitrogens is 3. The van der Waals surface area contributed by atoms with E-state index in [1.54, 1.807) is 24.3 Å². The largest absolute Gasteiger partial charge is 0.263 e. The SMILES string of the molecule is Cc1ccc2c(NS(=O)(=O)c3ccc(Br)cc3)n[nH]c2n1. The molecule has 0 aliphatic rings. The van der Waals surface area contributed by atoms with Crippen LogP contribution in [-0.4, -0.2) is 23.6 Å². The van der Waals surface area contributed by atoms with Gasteiger partial charge in [-0.2, -0.15) is 5.10 Å². The zero-order valence-electron chi connectivity index (χ0n) is 11.0. The maximum absolute atomic E-state index is 12.3. The molecule has 0 spiro atoms. The van der Waals surface area contributed by atoms with Crippen molar-refractivity contribution in [3.05, 3.63) is 46.6 Å². The fraction of sp³-hybridized carbons (Fsp3) is 0.0769. The van der Waals surface area contributed by atoms with Gasteiger partial charge in [0.2, 0.25) is 0 Å². The summed E-state index contributed by atoms with van der Waals surface area (Å²) < 4.78 is 27.9. The van der Waals surface area contributed by atoms with Gasteiger partial charge in [-0.25, -0.2) is 13.4 Å². The first-order valence-corrected chi connectivity index (χ1v) is 8.33. The number of pyridine rings is 1. The standard InChI is InChI=1S/C13H11BrN4O2S/c1-8-2-7-11-12(15-8)16-17-13(11)18-21(19,20)10-5-3-9(14)4-6-10/h2-7H,1H3,(H2,15,16,17,18). The van der Waals surface area contributed by atoms with Crippen LogP contribution < -0.4 is 4.72 Å². The summed E-state index contributed by atoms with van der Waals surface area (Å²) in [6, 6.07) is 9.95. The lowest BCUT2D eigenvalue weighted by atomic mass is 10.3. The molecule has 8 heteroatoms. The Balaban J connectivity index is 1.99. The van der Waals surface area contributed by atoms with Crippen LogP contribution in [0.3, 0.4) is 0 Å². The number of hydrogen-bond acceptors (Lipinski definition) is 4. The Labute approximate surface area is 129 Å². The van der Waals surface area contributed by atoms with Crippen LogP contribution in [0.2, 0.25) is 0 Å². The van der Waals surface area contributed by atoms with Crippen LogP contribution in [0.15, 0.2) is 45.8 Å². The number of nitrogens with one attached hydrogen (secondary N) is 2. The summed E-state index contributed by atoms with van der Waals surface area (Å²) in [4.78, 5) is 4.42. The van der Waals surface area contributed by atoms with Gasteiger partial charge < -0.3 is 0 Å². The normalized spacial score (nSPS) is 11.7. The van der Waals surface area contributed by atoms with Crippen LogP contribution in [0.4, 0.5) is 5.82 Å². The second-order valence-corrected chi connectivity index (χ2v) is 7.08. The third kappa shape index (κ3) is 2.77. The molecule has 108 valence electrons. The Bertz CT molecular complexity index is 904. The van der Waals surface area contributed by atoms with Gasteiger partial charge in [0.25, 0.3) is 10.0 Å². The maximum atomic E-state index is 12.3. The molecule has 2 N–H and O–H groups in total. The van der Waals surface area contributed by atoms with E-state index in [0.29, 0.717) is 11.0 Å². The van der Waals surface area contributed by atoms with Crippen LogP contribution in [0.5, 0.6) is 0 Å². The third-order valence-electron chi connectivity index (χ3n) is 2.92. The molecule has 0 unspecified atom stereocenters. The molecule has 0 atom stereocenters. The van der Waals surface area contributed by atoms with Gasteiger partial charge in [-0.1, -0.05) is 15.9 Å². The van der Waals surface area contributed by atoms with Gasteiger partial charge in [-0.15, -0.1) is 0 Å².